The monoisotopic (exact) mass is 428 g/mol. The van der Waals surface area contributed by atoms with Crippen LogP contribution < -0.4 is 14.8 Å². The lowest BCUT2D eigenvalue weighted by molar-refractivity contribution is -0.115. The lowest BCUT2D eigenvalue weighted by Gasteiger charge is -2.13. The maximum atomic E-state index is 13.9. The van der Waals surface area contributed by atoms with Crippen LogP contribution in [0, 0.1) is 12.7 Å². The second-order valence-corrected chi connectivity index (χ2v) is 8.29. The number of para-hydroxylation sites is 1. The van der Waals surface area contributed by atoms with Gasteiger partial charge in [-0.15, -0.1) is 0 Å². The minimum absolute atomic E-state index is 0.0510. The van der Waals surface area contributed by atoms with E-state index in [0.29, 0.717) is 17.0 Å². The minimum Gasteiger partial charge on any atom is -0.497 e. The Balaban J connectivity index is 1.79. The molecule has 156 valence electrons. The third kappa shape index (κ3) is 5.15. The molecule has 6 nitrogen and oxygen atoms in total. The Morgan fingerprint density at radius 3 is 2.53 bits per heavy atom. The molecule has 0 saturated heterocycles. The summed E-state index contributed by atoms with van der Waals surface area (Å²) >= 11 is 0. The molecular formula is C22H21FN2O4S. The van der Waals surface area contributed by atoms with Crippen LogP contribution in [0.3, 0.4) is 0 Å². The van der Waals surface area contributed by atoms with Crippen molar-refractivity contribution < 1.29 is 22.3 Å². The normalized spacial score (nSPS) is 11.0. The summed E-state index contributed by atoms with van der Waals surface area (Å²) in [5.74, 6) is -0.345. The lowest BCUT2D eigenvalue weighted by Crippen LogP contribution is -2.17. The van der Waals surface area contributed by atoms with Crippen molar-refractivity contribution in [3.8, 4) is 5.75 Å². The molecule has 0 radical (unpaired) electrons. The summed E-state index contributed by atoms with van der Waals surface area (Å²) in [7, 11) is -2.51. The van der Waals surface area contributed by atoms with Gasteiger partial charge in [0, 0.05) is 5.69 Å². The van der Waals surface area contributed by atoms with E-state index in [9.17, 15) is 17.6 Å². The molecule has 30 heavy (non-hydrogen) atoms. The van der Waals surface area contributed by atoms with Crippen molar-refractivity contribution in [2.45, 2.75) is 18.2 Å². The van der Waals surface area contributed by atoms with Crippen molar-refractivity contribution in [3.05, 3.63) is 83.7 Å². The Morgan fingerprint density at radius 1 is 1.03 bits per heavy atom. The smallest absolute Gasteiger partial charge is 0.262 e. The highest BCUT2D eigenvalue weighted by atomic mass is 32.2. The maximum absolute atomic E-state index is 13.9. The van der Waals surface area contributed by atoms with Crippen LogP contribution in [0.1, 0.15) is 11.1 Å². The van der Waals surface area contributed by atoms with Gasteiger partial charge in [-0.3, -0.25) is 9.52 Å². The lowest BCUT2D eigenvalue weighted by atomic mass is 10.1. The average Bonchev–Trinajstić information content (AvgIpc) is 2.71. The molecule has 0 saturated carbocycles. The van der Waals surface area contributed by atoms with Crippen molar-refractivity contribution >= 4 is 27.3 Å². The zero-order valence-electron chi connectivity index (χ0n) is 16.5. The predicted octanol–water partition coefficient (Wildman–Crippen LogP) is 4.12. The van der Waals surface area contributed by atoms with E-state index in [-0.39, 0.29) is 22.9 Å². The Morgan fingerprint density at radius 2 is 1.80 bits per heavy atom. The number of rotatable bonds is 7. The highest BCUT2D eigenvalue weighted by Gasteiger charge is 2.19. The van der Waals surface area contributed by atoms with Crippen LogP contribution in [-0.4, -0.2) is 21.4 Å². The van der Waals surface area contributed by atoms with Crippen LogP contribution in [0.2, 0.25) is 0 Å². The van der Waals surface area contributed by atoms with E-state index in [1.165, 1.54) is 30.3 Å². The van der Waals surface area contributed by atoms with Gasteiger partial charge in [-0.2, -0.15) is 0 Å². The summed E-state index contributed by atoms with van der Waals surface area (Å²) in [6.07, 6.45) is 0.0979. The summed E-state index contributed by atoms with van der Waals surface area (Å²) in [5.41, 5.74) is 1.39. The molecule has 0 heterocycles. The fourth-order valence-electron chi connectivity index (χ4n) is 2.88. The third-order valence-electron chi connectivity index (χ3n) is 4.38. The van der Waals surface area contributed by atoms with E-state index in [1.54, 1.807) is 50.4 Å². The number of carbonyl (C=O) groups excluding carboxylic acids is 1. The zero-order chi connectivity index (χ0) is 21.7. The zero-order valence-corrected chi connectivity index (χ0v) is 17.3. The number of sulfonamides is 1. The van der Waals surface area contributed by atoms with Crippen molar-refractivity contribution in [2.24, 2.45) is 0 Å². The van der Waals surface area contributed by atoms with E-state index in [4.69, 9.17) is 4.74 Å². The quantitative estimate of drug-likeness (QED) is 0.593. The molecule has 1 amide bonds. The second kappa shape index (κ2) is 8.96. The summed E-state index contributed by atoms with van der Waals surface area (Å²) in [6.45, 7) is 1.62. The van der Waals surface area contributed by atoms with Gasteiger partial charge in [-0.05, 0) is 54.4 Å². The Kier molecular flexibility index (Phi) is 6.37. The Labute approximate surface area is 174 Å². The van der Waals surface area contributed by atoms with Gasteiger partial charge in [0.2, 0.25) is 5.91 Å². The van der Waals surface area contributed by atoms with Gasteiger partial charge in [-0.1, -0.05) is 30.3 Å². The number of methoxy groups -OCH3 is 1. The van der Waals surface area contributed by atoms with E-state index in [1.807, 2.05) is 0 Å². The van der Waals surface area contributed by atoms with Gasteiger partial charge in [0.25, 0.3) is 10.0 Å². The fraction of sp³-hybridized carbons (Fsp3) is 0.136. The van der Waals surface area contributed by atoms with E-state index in [2.05, 4.69) is 10.0 Å². The first kappa shape index (κ1) is 21.3. The van der Waals surface area contributed by atoms with E-state index < -0.39 is 15.8 Å². The molecule has 3 rings (SSSR count). The first-order valence-electron chi connectivity index (χ1n) is 9.09. The largest absolute Gasteiger partial charge is 0.497 e. The van der Waals surface area contributed by atoms with E-state index >= 15 is 0 Å². The number of anilines is 2. The number of aryl methyl sites for hydroxylation is 1. The van der Waals surface area contributed by atoms with Crippen LogP contribution in [0.25, 0.3) is 0 Å². The molecule has 3 aromatic rings. The van der Waals surface area contributed by atoms with Gasteiger partial charge in [-0.25, -0.2) is 12.8 Å². The molecule has 3 aromatic carbocycles. The molecule has 0 atom stereocenters. The fourth-order valence-corrected chi connectivity index (χ4v) is 4.22. The molecule has 0 spiro atoms. The second-order valence-electron chi connectivity index (χ2n) is 6.64. The first-order valence-corrected chi connectivity index (χ1v) is 10.6. The molecule has 8 heteroatoms. The highest BCUT2D eigenvalue weighted by Crippen LogP contribution is 2.24. The van der Waals surface area contributed by atoms with Gasteiger partial charge in [0.1, 0.15) is 11.6 Å². The maximum Gasteiger partial charge on any atom is 0.262 e. The molecule has 0 fully saturated rings. The number of hydrogen-bond acceptors (Lipinski definition) is 4. The molecule has 0 aliphatic carbocycles. The summed E-state index contributed by atoms with van der Waals surface area (Å²) in [6, 6.07) is 17.2. The van der Waals surface area contributed by atoms with Crippen molar-refractivity contribution in [1.29, 1.82) is 0 Å². The number of halogens is 1. The Hall–Kier alpha value is -3.39. The van der Waals surface area contributed by atoms with Crippen molar-refractivity contribution in [1.82, 2.24) is 0 Å². The number of ether oxygens (including phenoxy) is 1. The Bertz CT molecular complexity index is 1180. The summed E-state index contributed by atoms with van der Waals surface area (Å²) < 4.78 is 46.8. The van der Waals surface area contributed by atoms with Gasteiger partial charge in [0.05, 0.1) is 24.1 Å². The minimum atomic E-state index is -4.05. The molecular weight excluding hydrogens is 407 g/mol. The molecule has 0 bridgehead atoms. The van der Waals surface area contributed by atoms with Crippen LogP contribution in [0.5, 0.6) is 5.75 Å². The van der Waals surface area contributed by atoms with Crippen LogP contribution in [0.15, 0.2) is 71.6 Å². The average molecular weight is 428 g/mol. The highest BCUT2D eigenvalue weighted by molar-refractivity contribution is 7.92. The van der Waals surface area contributed by atoms with Gasteiger partial charge < -0.3 is 10.1 Å². The molecule has 0 aliphatic heterocycles. The predicted molar refractivity (Wildman–Crippen MR) is 114 cm³/mol. The number of amides is 1. The third-order valence-corrected chi connectivity index (χ3v) is 5.89. The summed E-state index contributed by atoms with van der Waals surface area (Å²) in [4.78, 5) is 12.3. The number of benzene rings is 3. The number of hydrogen-bond donors (Lipinski definition) is 2. The standard InChI is InChI=1S/C22H21FN2O4S/c1-15-10-11-17(24-22(26)13-16-6-5-7-18(12-16)29-2)14-21(15)30(27,28)25-20-9-4-3-8-19(20)23/h3-12,14,25H,13H2,1-2H3,(H,24,26). The molecule has 0 unspecified atom stereocenters. The van der Waals surface area contributed by atoms with Gasteiger partial charge in [0.15, 0.2) is 0 Å². The van der Waals surface area contributed by atoms with Crippen LogP contribution in [0.4, 0.5) is 15.8 Å². The van der Waals surface area contributed by atoms with Crippen LogP contribution >= 0.6 is 0 Å². The van der Waals surface area contributed by atoms with Crippen molar-refractivity contribution in [3.63, 3.8) is 0 Å². The van der Waals surface area contributed by atoms with E-state index in [0.717, 1.165) is 5.56 Å². The molecule has 0 aromatic heterocycles. The summed E-state index contributed by atoms with van der Waals surface area (Å²) in [5, 5.41) is 2.70. The van der Waals surface area contributed by atoms with Crippen LogP contribution in [-0.2, 0) is 21.2 Å². The molecule has 2 N–H and O–H groups in total. The van der Waals surface area contributed by atoms with Crippen molar-refractivity contribution in [2.75, 3.05) is 17.1 Å². The first-order chi connectivity index (χ1) is 14.3. The molecule has 0 aliphatic rings. The van der Waals surface area contributed by atoms with Gasteiger partial charge >= 0.3 is 0 Å². The SMILES string of the molecule is COc1cccc(CC(=O)Nc2ccc(C)c(S(=O)(=O)Nc3ccccc3F)c2)c1. The number of carbonyl (C=O) groups is 1. The topological polar surface area (TPSA) is 84.5 Å². The number of nitrogens with one attached hydrogen (secondary N) is 2.